The van der Waals surface area contributed by atoms with Gasteiger partial charge in [-0.3, -0.25) is 4.79 Å². The van der Waals surface area contributed by atoms with E-state index in [0.717, 1.165) is 55.9 Å². The zero-order chi connectivity index (χ0) is 18.8. The molecule has 4 heterocycles. The largest absolute Gasteiger partial charge is 0.357 e. The third kappa shape index (κ3) is 3.93. The van der Waals surface area contributed by atoms with Crippen molar-refractivity contribution in [3.05, 3.63) is 17.8 Å². The number of aryl methyl sites for hydroxylation is 1. The maximum absolute atomic E-state index is 12.8. The van der Waals surface area contributed by atoms with Gasteiger partial charge in [0.25, 0.3) is 5.91 Å². The quantitative estimate of drug-likeness (QED) is 0.897. The highest BCUT2D eigenvalue weighted by Gasteiger charge is 2.23. The molecule has 7 heteroatoms. The highest BCUT2D eigenvalue weighted by Crippen LogP contribution is 2.23. The lowest BCUT2D eigenvalue weighted by Gasteiger charge is -2.29. The number of aromatic nitrogens is 3. The minimum Gasteiger partial charge on any atom is -0.357 e. The molecule has 1 N–H and O–H groups in total. The summed E-state index contributed by atoms with van der Waals surface area (Å²) in [4.78, 5) is 22.3. The molecule has 2 aromatic heterocycles. The lowest BCUT2D eigenvalue weighted by Crippen LogP contribution is -2.43. The van der Waals surface area contributed by atoms with Crippen molar-refractivity contribution >= 4 is 22.8 Å². The maximum atomic E-state index is 12.8. The van der Waals surface area contributed by atoms with Crippen molar-refractivity contribution in [1.82, 2.24) is 25.0 Å². The number of pyridine rings is 1. The van der Waals surface area contributed by atoms with Gasteiger partial charge in [-0.1, -0.05) is 12.8 Å². The number of nitrogens with one attached hydrogen (secondary N) is 1. The summed E-state index contributed by atoms with van der Waals surface area (Å²) in [5, 5.41) is 8.49. The predicted octanol–water partition coefficient (Wildman–Crippen LogP) is 2.17. The van der Waals surface area contributed by atoms with Gasteiger partial charge in [0.05, 0.1) is 5.39 Å². The molecule has 0 radical (unpaired) electrons. The Hall–Kier alpha value is -2.15. The standard InChI is InChI=1S/C20H30N6O/c1-24-13-9-15(10-14-24)21-20(27)18-16-7-8-17(22-19(16)25(2)23-18)26-11-5-3-4-6-12-26/h7-8,15H,3-6,9-14H2,1-2H3,(H,21,27). The monoisotopic (exact) mass is 370 g/mol. The Morgan fingerprint density at radius 2 is 1.74 bits per heavy atom. The van der Waals surface area contributed by atoms with E-state index in [2.05, 4.69) is 27.3 Å². The molecule has 0 aliphatic carbocycles. The van der Waals surface area contributed by atoms with Crippen LogP contribution in [-0.2, 0) is 7.05 Å². The van der Waals surface area contributed by atoms with Crippen molar-refractivity contribution in [1.29, 1.82) is 0 Å². The normalized spacial score (nSPS) is 20.0. The van der Waals surface area contributed by atoms with E-state index in [-0.39, 0.29) is 11.9 Å². The highest BCUT2D eigenvalue weighted by molar-refractivity contribution is 6.04. The van der Waals surface area contributed by atoms with E-state index in [9.17, 15) is 4.79 Å². The Bertz CT molecular complexity index is 800. The Morgan fingerprint density at radius 1 is 1.04 bits per heavy atom. The Labute approximate surface area is 160 Å². The van der Waals surface area contributed by atoms with Crippen LogP contribution < -0.4 is 10.2 Å². The molecule has 0 atom stereocenters. The zero-order valence-corrected chi connectivity index (χ0v) is 16.4. The van der Waals surface area contributed by atoms with E-state index in [1.54, 1.807) is 4.68 Å². The number of anilines is 1. The van der Waals surface area contributed by atoms with Crippen molar-refractivity contribution < 1.29 is 4.79 Å². The van der Waals surface area contributed by atoms with Crippen LogP contribution in [0.3, 0.4) is 0 Å². The molecule has 2 aromatic rings. The summed E-state index contributed by atoms with van der Waals surface area (Å²) in [7, 11) is 3.99. The fraction of sp³-hybridized carbons (Fsp3) is 0.650. The number of carbonyl (C=O) groups excluding carboxylic acids is 1. The van der Waals surface area contributed by atoms with Crippen molar-refractivity contribution in [2.75, 3.05) is 38.1 Å². The topological polar surface area (TPSA) is 66.3 Å². The molecule has 2 fully saturated rings. The van der Waals surface area contributed by atoms with Crippen LogP contribution in [0.15, 0.2) is 12.1 Å². The first-order valence-corrected chi connectivity index (χ1v) is 10.2. The van der Waals surface area contributed by atoms with Crippen LogP contribution in [0.5, 0.6) is 0 Å². The third-order valence-electron chi connectivity index (χ3n) is 5.87. The van der Waals surface area contributed by atoms with Gasteiger partial charge in [0.2, 0.25) is 0 Å². The third-order valence-corrected chi connectivity index (χ3v) is 5.87. The number of hydrogen-bond donors (Lipinski definition) is 1. The number of amides is 1. The lowest BCUT2D eigenvalue weighted by molar-refractivity contribution is 0.0912. The molecule has 27 heavy (non-hydrogen) atoms. The molecule has 0 bridgehead atoms. The number of carbonyl (C=O) groups is 1. The molecule has 4 rings (SSSR count). The average Bonchev–Trinajstić information content (AvgIpc) is 2.85. The SMILES string of the molecule is CN1CCC(NC(=O)c2nn(C)c3nc(N4CCCCCC4)ccc23)CC1. The summed E-state index contributed by atoms with van der Waals surface area (Å²) in [5.74, 6) is 0.911. The number of nitrogens with zero attached hydrogens (tertiary/aromatic N) is 5. The van der Waals surface area contributed by atoms with Gasteiger partial charge in [-0.25, -0.2) is 9.67 Å². The summed E-state index contributed by atoms with van der Waals surface area (Å²) >= 11 is 0. The fourth-order valence-electron chi connectivity index (χ4n) is 4.17. The van der Waals surface area contributed by atoms with E-state index in [1.807, 2.05) is 19.2 Å². The number of rotatable bonds is 3. The average molecular weight is 371 g/mol. The smallest absolute Gasteiger partial charge is 0.272 e. The van der Waals surface area contributed by atoms with Gasteiger partial charge in [-0.05, 0) is 58.0 Å². The van der Waals surface area contributed by atoms with Crippen LogP contribution in [0.25, 0.3) is 11.0 Å². The van der Waals surface area contributed by atoms with Crippen LogP contribution in [0.1, 0.15) is 49.0 Å². The summed E-state index contributed by atoms with van der Waals surface area (Å²) in [5.41, 5.74) is 1.27. The summed E-state index contributed by atoms with van der Waals surface area (Å²) in [6.07, 6.45) is 7.01. The van der Waals surface area contributed by atoms with E-state index >= 15 is 0 Å². The molecule has 2 saturated heterocycles. The molecule has 1 amide bonds. The van der Waals surface area contributed by atoms with Gasteiger partial charge in [0, 0.05) is 26.2 Å². The van der Waals surface area contributed by atoms with Crippen LogP contribution >= 0.6 is 0 Å². The summed E-state index contributed by atoms with van der Waals surface area (Å²) < 4.78 is 1.74. The minimum absolute atomic E-state index is 0.0838. The Kier molecular flexibility index (Phi) is 5.29. The van der Waals surface area contributed by atoms with Crippen LogP contribution in [-0.4, -0.2) is 64.8 Å². The van der Waals surface area contributed by atoms with E-state index in [4.69, 9.17) is 4.98 Å². The molecular weight excluding hydrogens is 340 g/mol. The van der Waals surface area contributed by atoms with Gasteiger partial charge >= 0.3 is 0 Å². The van der Waals surface area contributed by atoms with Crippen molar-refractivity contribution in [2.45, 2.75) is 44.6 Å². The van der Waals surface area contributed by atoms with Crippen LogP contribution in [0, 0.1) is 0 Å². The molecule has 0 saturated carbocycles. The van der Waals surface area contributed by atoms with E-state index in [1.165, 1.54) is 25.7 Å². The second kappa shape index (κ2) is 7.84. The zero-order valence-electron chi connectivity index (χ0n) is 16.4. The summed E-state index contributed by atoms with van der Waals surface area (Å²) in [6, 6.07) is 4.29. The molecule has 2 aliphatic heterocycles. The Balaban J connectivity index is 1.54. The number of hydrogen-bond acceptors (Lipinski definition) is 5. The minimum atomic E-state index is -0.0838. The Morgan fingerprint density at radius 3 is 2.44 bits per heavy atom. The first kappa shape index (κ1) is 18.2. The first-order valence-electron chi connectivity index (χ1n) is 10.2. The second-order valence-electron chi connectivity index (χ2n) is 7.97. The van der Waals surface area contributed by atoms with Gasteiger partial charge in [0.15, 0.2) is 11.3 Å². The molecule has 0 aromatic carbocycles. The fourth-order valence-corrected chi connectivity index (χ4v) is 4.17. The molecule has 0 unspecified atom stereocenters. The maximum Gasteiger partial charge on any atom is 0.272 e. The first-order chi connectivity index (χ1) is 13.1. The van der Waals surface area contributed by atoms with E-state index < -0.39 is 0 Å². The van der Waals surface area contributed by atoms with E-state index in [0.29, 0.717) is 5.69 Å². The van der Waals surface area contributed by atoms with Gasteiger partial charge in [-0.2, -0.15) is 5.10 Å². The van der Waals surface area contributed by atoms with Gasteiger partial charge in [-0.15, -0.1) is 0 Å². The predicted molar refractivity (Wildman–Crippen MR) is 107 cm³/mol. The number of piperidine rings is 1. The number of likely N-dealkylation sites (tertiary alicyclic amines) is 1. The second-order valence-corrected chi connectivity index (χ2v) is 7.97. The van der Waals surface area contributed by atoms with Gasteiger partial charge in [0.1, 0.15) is 5.82 Å². The van der Waals surface area contributed by atoms with Crippen LogP contribution in [0.2, 0.25) is 0 Å². The van der Waals surface area contributed by atoms with Crippen molar-refractivity contribution in [3.8, 4) is 0 Å². The van der Waals surface area contributed by atoms with Gasteiger partial charge < -0.3 is 15.1 Å². The lowest BCUT2D eigenvalue weighted by atomic mass is 10.1. The summed E-state index contributed by atoms with van der Waals surface area (Å²) in [6.45, 7) is 4.16. The molecule has 146 valence electrons. The molecule has 0 spiro atoms. The number of fused-ring (bicyclic) bond motifs is 1. The molecule has 7 nitrogen and oxygen atoms in total. The molecule has 2 aliphatic rings. The van der Waals surface area contributed by atoms with Crippen molar-refractivity contribution in [2.24, 2.45) is 7.05 Å². The molecular formula is C20H30N6O. The van der Waals surface area contributed by atoms with Crippen LogP contribution in [0.4, 0.5) is 5.82 Å². The highest BCUT2D eigenvalue weighted by atomic mass is 16.2. The van der Waals surface area contributed by atoms with Crippen molar-refractivity contribution in [3.63, 3.8) is 0 Å².